The first kappa shape index (κ1) is 16.2. The van der Waals surface area contributed by atoms with Gasteiger partial charge in [0.05, 0.1) is 12.7 Å². The fraction of sp³-hybridized carbons (Fsp3) is 0.222. The maximum absolute atomic E-state index is 9.40. The number of benzene rings is 2. The number of hydrogen-bond acceptors (Lipinski definition) is 6. The van der Waals surface area contributed by atoms with Gasteiger partial charge in [-0.25, -0.2) is 0 Å². The van der Waals surface area contributed by atoms with Crippen LogP contribution in [0.25, 0.3) is 22.9 Å². The van der Waals surface area contributed by atoms with Crippen LogP contribution in [0.4, 0.5) is 5.69 Å². The van der Waals surface area contributed by atoms with Crippen molar-refractivity contribution in [2.45, 2.75) is 13.0 Å². The Kier molecular flexibility index (Phi) is 4.88. The summed E-state index contributed by atoms with van der Waals surface area (Å²) in [6.45, 7) is 2.00. The van der Waals surface area contributed by atoms with E-state index in [4.69, 9.17) is 9.52 Å². The molecule has 0 bridgehead atoms. The molecule has 6 heteroatoms. The lowest BCUT2D eigenvalue weighted by Gasteiger charge is -2.10. The number of aliphatic hydroxyl groups excluding tert-OH is 2. The number of nitrogens with one attached hydrogen (secondary N) is 1. The lowest BCUT2D eigenvalue weighted by molar-refractivity contribution is 0.105. The SMILES string of the molecule is Cc1ccc(-c2nnc(-c3cccc(NCC(O)CO)c3)o2)cc1. The van der Waals surface area contributed by atoms with Crippen LogP contribution in [0.1, 0.15) is 5.56 Å². The van der Waals surface area contributed by atoms with E-state index in [1.807, 2.05) is 55.5 Å². The smallest absolute Gasteiger partial charge is 0.248 e. The van der Waals surface area contributed by atoms with Gasteiger partial charge in [0.15, 0.2) is 0 Å². The first-order valence-electron chi connectivity index (χ1n) is 7.69. The third kappa shape index (κ3) is 3.79. The lowest BCUT2D eigenvalue weighted by atomic mass is 10.1. The Morgan fingerprint density at radius 2 is 1.75 bits per heavy atom. The molecular formula is C18H19N3O3. The van der Waals surface area contributed by atoms with Gasteiger partial charge in [-0.05, 0) is 37.3 Å². The zero-order chi connectivity index (χ0) is 16.9. The number of aromatic nitrogens is 2. The number of anilines is 1. The van der Waals surface area contributed by atoms with Gasteiger partial charge in [-0.3, -0.25) is 0 Å². The van der Waals surface area contributed by atoms with Gasteiger partial charge in [0, 0.05) is 23.4 Å². The van der Waals surface area contributed by atoms with Crippen molar-refractivity contribution in [3.63, 3.8) is 0 Å². The van der Waals surface area contributed by atoms with Crippen molar-refractivity contribution in [2.75, 3.05) is 18.5 Å². The van der Waals surface area contributed by atoms with Crippen LogP contribution in [0.15, 0.2) is 52.9 Å². The van der Waals surface area contributed by atoms with Gasteiger partial charge < -0.3 is 19.9 Å². The van der Waals surface area contributed by atoms with Crippen LogP contribution in [-0.4, -0.2) is 39.7 Å². The van der Waals surface area contributed by atoms with Gasteiger partial charge in [-0.2, -0.15) is 0 Å². The van der Waals surface area contributed by atoms with Gasteiger partial charge in [0.1, 0.15) is 0 Å². The third-order valence-electron chi connectivity index (χ3n) is 3.59. The van der Waals surface area contributed by atoms with E-state index in [0.717, 1.165) is 16.8 Å². The Labute approximate surface area is 139 Å². The molecule has 3 aromatic rings. The van der Waals surface area contributed by atoms with E-state index < -0.39 is 6.10 Å². The van der Waals surface area contributed by atoms with Crippen molar-refractivity contribution >= 4 is 5.69 Å². The molecule has 0 aliphatic heterocycles. The van der Waals surface area contributed by atoms with Gasteiger partial charge >= 0.3 is 0 Å². The van der Waals surface area contributed by atoms with E-state index in [2.05, 4.69) is 15.5 Å². The highest BCUT2D eigenvalue weighted by atomic mass is 16.4. The highest BCUT2D eigenvalue weighted by molar-refractivity contribution is 5.63. The zero-order valence-electron chi connectivity index (χ0n) is 13.3. The molecule has 1 atom stereocenters. The molecule has 3 N–H and O–H groups in total. The Balaban J connectivity index is 1.78. The van der Waals surface area contributed by atoms with Crippen LogP contribution in [0.2, 0.25) is 0 Å². The van der Waals surface area contributed by atoms with Crippen molar-refractivity contribution < 1.29 is 14.6 Å². The Bertz CT molecular complexity index is 799. The van der Waals surface area contributed by atoms with Crippen molar-refractivity contribution in [3.05, 3.63) is 54.1 Å². The van der Waals surface area contributed by atoms with Crippen LogP contribution in [0.3, 0.4) is 0 Å². The highest BCUT2D eigenvalue weighted by Crippen LogP contribution is 2.25. The quantitative estimate of drug-likeness (QED) is 0.645. The summed E-state index contributed by atoms with van der Waals surface area (Å²) in [4.78, 5) is 0. The maximum Gasteiger partial charge on any atom is 0.248 e. The molecule has 3 rings (SSSR count). The van der Waals surface area contributed by atoms with Gasteiger partial charge in [0.2, 0.25) is 11.8 Å². The predicted octanol–water partition coefficient (Wildman–Crippen LogP) is 2.48. The molecule has 1 unspecified atom stereocenters. The molecule has 0 spiro atoms. The molecule has 6 nitrogen and oxygen atoms in total. The lowest BCUT2D eigenvalue weighted by Crippen LogP contribution is -2.22. The van der Waals surface area contributed by atoms with Crippen LogP contribution in [0.5, 0.6) is 0 Å². The molecule has 1 aromatic heterocycles. The first-order valence-corrected chi connectivity index (χ1v) is 7.69. The molecule has 124 valence electrons. The molecule has 24 heavy (non-hydrogen) atoms. The fourth-order valence-corrected chi connectivity index (χ4v) is 2.22. The summed E-state index contributed by atoms with van der Waals surface area (Å²) in [6.07, 6.45) is -0.801. The summed E-state index contributed by atoms with van der Waals surface area (Å²) in [6, 6.07) is 15.3. The summed E-state index contributed by atoms with van der Waals surface area (Å²) < 4.78 is 5.76. The summed E-state index contributed by atoms with van der Waals surface area (Å²) in [5.41, 5.74) is 3.63. The summed E-state index contributed by atoms with van der Waals surface area (Å²) in [5.74, 6) is 0.899. The topological polar surface area (TPSA) is 91.4 Å². The van der Waals surface area contributed by atoms with Crippen molar-refractivity contribution in [2.24, 2.45) is 0 Å². The molecule has 0 aliphatic rings. The number of nitrogens with zero attached hydrogens (tertiary/aromatic N) is 2. The van der Waals surface area contributed by atoms with Gasteiger partial charge in [-0.1, -0.05) is 23.8 Å². The largest absolute Gasteiger partial charge is 0.416 e. The average Bonchev–Trinajstić information content (AvgIpc) is 3.10. The van der Waals surface area contributed by atoms with E-state index in [1.54, 1.807) is 0 Å². The maximum atomic E-state index is 9.40. The Hall–Kier alpha value is -2.70. The third-order valence-corrected chi connectivity index (χ3v) is 3.59. The van der Waals surface area contributed by atoms with Gasteiger partial charge in [0.25, 0.3) is 0 Å². The molecule has 2 aromatic carbocycles. The van der Waals surface area contributed by atoms with Crippen molar-refractivity contribution in [1.29, 1.82) is 0 Å². The summed E-state index contributed by atoms with van der Waals surface area (Å²) in [5, 5.41) is 29.5. The minimum Gasteiger partial charge on any atom is -0.416 e. The van der Waals surface area contributed by atoms with Crippen molar-refractivity contribution in [1.82, 2.24) is 10.2 Å². The normalized spacial score (nSPS) is 12.1. The molecule has 0 saturated carbocycles. The molecule has 1 heterocycles. The second-order valence-corrected chi connectivity index (χ2v) is 5.58. The van der Waals surface area contributed by atoms with E-state index in [0.29, 0.717) is 11.8 Å². The monoisotopic (exact) mass is 325 g/mol. The second kappa shape index (κ2) is 7.25. The van der Waals surface area contributed by atoms with Gasteiger partial charge in [-0.15, -0.1) is 10.2 Å². The number of aryl methyl sites for hydroxylation is 1. The van der Waals surface area contributed by atoms with E-state index in [-0.39, 0.29) is 13.2 Å². The number of rotatable bonds is 6. The fourth-order valence-electron chi connectivity index (χ4n) is 2.22. The molecule has 0 amide bonds. The molecule has 0 fully saturated rings. The highest BCUT2D eigenvalue weighted by Gasteiger charge is 2.11. The molecule has 0 aliphatic carbocycles. The predicted molar refractivity (Wildman–Crippen MR) is 91.5 cm³/mol. The second-order valence-electron chi connectivity index (χ2n) is 5.58. The Morgan fingerprint density at radius 1 is 1.04 bits per heavy atom. The Morgan fingerprint density at radius 3 is 2.46 bits per heavy atom. The number of hydrogen-bond donors (Lipinski definition) is 3. The van der Waals surface area contributed by atoms with E-state index in [1.165, 1.54) is 5.56 Å². The molecular weight excluding hydrogens is 306 g/mol. The average molecular weight is 325 g/mol. The number of aliphatic hydroxyl groups is 2. The summed E-state index contributed by atoms with van der Waals surface area (Å²) >= 11 is 0. The van der Waals surface area contributed by atoms with Crippen LogP contribution < -0.4 is 5.32 Å². The first-order chi connectivity index (χ1) is 11.7. The van der Waals surface area contributed by atoms with Crippen molar-refractivity contribution in [3.8, 4) is 22.9 Å². The minimum atomic E-state index is -0.801. The molecule has 0 radical (unpaired) electrons. The van der Waals surface area contributed by atoms with E-state index >= 15 is 0 Å². The van der Waals surface area contributed by atoms with E-state index in [9.17, 15) is 5.11 Å². The standard InChI is InChI=1S/C18H19N3O3/c1-12-5-7-13(8-6-12)17-20-21-18(24-17)14-3-2-4-15(9-14)19-10-16(23)11-22/h2-9,16,19,22-23H,10-11H2,1H3. The summed E-state index contributed by atoms with van der Waals surface area (Å²) in [7, 11) is 0. The van der Waals surface area contributed by atoms with Crippen LogP contribution in [0, 0.1) is 6.92 Å². The van der Waals surface area contributed by atoms with Crippen LogP contribution in [-0.2, 0) is 0 Å². The van der Waals surface area contributed by atoms with Crippen LogP contribution >= 0.6 is 0 Å². The zero-order valence-corrected chi connectivity index (χ0v) is 13.3. The molecule has 0 saturated heterocycles. The minimum absolute atomic E-state index is 0.262.